The summed E-state index contributed by atoms with van der Waals surface area (Å²) in [5, 5.41) is 33.1. The number of fused-ring (bicyclic) bond motifs is 3. The summed E-state index contributed by atoms with van der Waals surface area (Å²) in [5.41, 5.74) is -2.22. The molecule has 0 unspecified atom stereocenters. The molecule has 7 nitrogen and oxygen atoms in total. The molecule has 1 fully saturated rings. The fraction of sp³-hybridized carbons (Fsp3) is 0.240. The molecule has 3 aromatic rings. The number of carboxylic acid groups (broad SMARTS) is 1. The summed E-state index contributed by atoms with van der Waals surface area (Å²) in [5.74, 6) is -4.17. The maximum absolute atomic E-state index is 12.7. The SMILES string of the molecule is COc1cncc2c1[C@]1(O)[C@@H](C#N)[C@H](C(=O)O)[C@@H](c3ccccc3)[C@]1(c1ccc(Br)cc1)O2. The van der Waals surface area contributed by atoms with Crippen LogP contribution in [0.1, 0.15) is 22.6 Å². The Morgan fingerprint density at radius 2 is 1.88 bits per heavy atom. The summed E-state index contributed by atoms with van der Waals surface area (Å²) in [6.45, 7) is 0. The lowest BCUT2D eigenvalue weighted by molar-refractivity contribution is -0.144. The molecular weight excluding hydrogens is 488 g/mol. The number of aliphatic hydroxyl groups is 1. The van der Waals surface area contributed by atoms with Crippen molar-refractivity contribution >= 4 is 21.9 Å². The number of methoxy groups -OCH3 is 1. The zero-order valence-corrected chi connectivity index (χ0v) is 19.1. The molecule has 5 rings (SSSR count). The van der Waals surface area contributed by atoms with Gasteiger partial charge < -0.3 is 19.7 Å². The molecule has 0 spiro atoms. The van der Waals surface area contributed by atoms with Crippen LogP contribution in [-0.2, 0) is 16.0 Å². The van der Waals surface area contributed by atoms with E-state index < -0.39 is 34.9 Å². The number of carbonyl (C=O) groups is 1. The fourth-order valence-electron chi connectivity index (χ4n) is 5.58. The summed E-state index contributed by atoms with van der Waals surface area (Å²) < 4.78 is 12.8. The van der Waals surface area contributed by atoms with E-state index in [1.165, 1.54) is 19.5 Å². The number of hydrogen-bond donors (Lipinski definition) is 2. The van der Waals surface area contributed by atoms with E-state index in [4.69, 9.17) is 9.47 Å². The van der Waals surface area contributed by atoms with Crippen molar-refractivity contribution in [2.24, 2.45) is 11.8 Å². The van der Waals surface area contributed by atoms with E-state index in [2.05, 4.69) is 27.0 Å². The van der Waals surface area contributed by atoms with E-state index in [-0.39, 0.29) is 17.1 Å². The summed E-state index contributed by atoms with van der Waals surface area (Å²) in [6, 6.07) is 18.3. The molecule has 0 radical (unpaired) electrons. The van der Waals surface area contributed by atoms with Crippen LogP contribution in [0.25, 0.3) is 0 Å². The Balaban J connectivity index is 1.92. The third-order valence-electron chi connectivity index (χ3n) is 6.78. The number of aromatic nitrogens is 1. The molecule has 0 amide bonds. The van der Waals surface area contributed by atoms with Crippen molar-refractivity contribution in [2.45, 2.75) is 17.1 Å². The van der Waals surface area contributed by atoms with Crippen LogP contribution in [0, 0.1) is 23.2 Å². The lowest BCUT2D eigenvalue weighted by Crippen LogP contribution is -2.50. The minimum Gasteiger partial charge on any atom is -0.495 e. The van der Waals surface area contributed by atoms with Gasteiger partial charge in [0.1, 0.15) is 11.5 Å². The van der Waals surface area contributed by atoms with Crippen LogP contribution >= 0.6 is 15.9 Å². The molecule has 5 atom stereocenters. The molecule has 8 heteroatoms. The predicted molar refractivity (Wildman–Crippen MR) is 121 cm³/mol. The molecule has 0 saturated heterocycles. The second-order valence-corrected chi connectivity index (χ2v) is 9.10. The van der Waals surface area contributed by atoms with Crippen LogP contribution < -0.4 is 9.47 Å². The third kappa shape index (κ3) is 2.70. The average molecular weight is 507 g/mol. The molecule has 1 aliphatic heterocycles. The zero-order valence-electron chi connectivity index (χ0n) is 17.5. The summed E-state index contributed by atoms with van der Waals surface area (Å²) in [6.07, 6.45) is 2.89. The van der Waals surface area contributed by atoms with Gasteiger partial charge in [-0.15, -0.1) is 0 Å². The van der Waals surface area contributed by atoms with Gasteiger partial charge in [0.2, 0.25) is 0 Å². The van der Waals surface area contributed by atoms with Crippen molar-refractivity contribution in [2.75, 3.05) is 7.11 Å². The minimum atomic E-state index is -2.03. The van der Waals surface area contributed by atoms with Crippen molar-refractivity contribution in [1.82, 2.24) is 4.98 Å². The van der Waals surface area contributed by atoms with Gasteiger partial charge in [0.25, 0.3) is 0 Å². The van der Waals surface area contributed by atoms with Crippen LogP contribution in [0.3, 0.4) is 0 Å². The number of benzene rings is 2. The summed E-state index contributed by atoms with van der Waals surface area (Å²) in [7, 11) is 1.43. The lowest BCUT2D eigenvalue weighted by atomic mass is 9.70. The zero-order chi connectivity index (χ0) is 23.4. The highest BCUT2D eigenvalue weighted by Gasteiger charge is 2.78. The first-order chi connectivity index (χ1) is 15.9. The van der Waals surface area contributed by atoms with Crippen LogP contribution in [0.15, 0.2) is 71.5 Å². The van der Waals surface area contributed by atoms with Crippen molar-refractivity contribution in [3.63, 3.8) is 0 Å². The minimum absolute atomic E-state index is 0.229. The molecule has 0 bridgehead atoms. The van der Waals surface area contributed by atoms with E-state index in [1.54, 1.807) is 48.5 Å². The number of halogens is 1. The van der Waals surface area contributed by atoms with Crippen molar-refractivity contribution in [1.29, 1.82) is 5.26 Å². The Kier molecular flexibility index (Phi) is 4.92. The highest BCUT2D eigenvalue weighted by molar-refractivity contribution is 9.10. The molecule has 1 aromatic heterocycles. The molecule has 1 aliphatic carbocycles. The molecule has 1 saturated carbocycles. The Bertz CT molecular complexity index is 1280. The average Bonchev–Trinajstić information content (AvgIpc) is 3.22. The number of rotatable bonds is 4. The fourth-order valence-corrected chi connectivity index (χ4v) is 5.84. The second kappa shape index (κ2) is 7.58. The highest BCUT2D eigenvalue weighted by atomic mass is 79.9. The van der Waals surface area contributed by atoms with Gasteiger partial charge in [-0.1, -0.05) is 58.4 Å². The van der Waals surface area contributed by atoms with Gasteiger partial charge in [0, 0.05) is 10.4 Å². The van der Waals surface area contributed by atoms with E-state index in [9.17, 15) is 20.3 Å². The Morgan fingerprint density at radius 1 is 1.18 bits per heavy atom. The summed E-state index contributed by atoms with van der Waals surface area (Å²) >= 11 is 3.43. The number of nitriles is 1. The lowest BCUT2D eigenvalue weighted by Gasteiger charge is -2.40. The van der Waals surface area contributed by atoms with Gasteiger partial charge >= 0.3 is 5.97 Å². The molecule has 2 heterocycles. The first-order valence-electron chi connectivity index (χ1n) is 10.3. The predicted octanol–water partition coefficient (Wildman–Crippen LogP) is 3.97. The van der Waals surface area contributed by atoms with Crippen LogP contribution in [0.4, 0.5) is 0 Å². The number of nitrogens with zero attached hydrogens (tertiary/aromatic N) is 2. The normalized spacial score (nSPS) is 29.5. The van der Waals surface area contributed by atoms with Gasteiger partial charge in [-0.05, 0) is 23.3 Å². The first-order valence-corrected chi connectivity index (χ1v) is 11.1. The highest BCUT2D eigenvalue weighted by Crippen LogP contribution is 2.71. The standard InChI is InChI=1S/C25H19BrN2O5/c1-32-18-12-28-13-19-22(18)24(31)17(11-27)20(23(29)30)21(14-5-3-2-4-6-14)25(24,33-19)15-7-9-16(26)10-8-15/h2-10,12-13,17,20-21,31H,1H3,(H,29,30)/t17-,20-,21+,24+,25-/m0/s1. The Labute approximate surface area is 198 Å². The maximum atomic E-state index is 12.7. The van der Waals surface area contributed by atoms with Crippen molar-refractivity contribution in [3.05, 3.63) is 88.2 Å². The third-order valence-corrected chi connectivity index (χ3v) is 7.31. The second-order valence-electron chi connectivity index (χ2n) is 8.19. The van der Waals surface area contributed by atoms with Gasteiger partial charge in [-0.3, -0.25) is 9.78 Å². The smallest absolute Gasteiger partial charge is 0.308 e. The quantitative estimate of drug-likeness (QED) is 0.550. The topological polar surface area (TPSA) is 113 Å². The Hall–Kier alpha value is -3.41. The van der Waals surface area contributed by atoms with Gasteiger partial charge in [0.05, 0.1) is 43.0 Å². The van der Waals surface area contributed by atoms with Crippen LogP contribution in [-0.4, -0.2) is 28.3 Å². The number of carboxylic acids is 1. The monoisotopic (exact) mass is 506 g/mol. The van der Waals surface area contributed by atoms with E-state index >= 15 is 0 Å². The summed E-state index contributed by atoms with van der Waals surface area (Å²) in [4.78, 5) is 16.8. The largest absolute Gasteiger partial charge is 0.495 e. The number of pyridine rings is 1. The van der Waals surface area contributed by atoms with E-state index in [0.29, 0.717) is 11.1 Å². The van der Waals surface area contributed by atoms with E-state index in [0.717, 1.165) is 4.47 Å². The molecule has 166 valence electrons. The molecule has 2 aliphatic rings. The van der Waals surface area contributed by atoms with Gasteiger partial charge in [-0.2, -0.15) is 5.26 Å². The molecule has 2 N–H and O–H groups in total. The molecular formula is C25H19BrN2O5. The number of hydrogen-bond acceptors (Lipinski definition) is 6. The van der Waals surface area contributed by atoms with Crippen molar-refractivity contribution < 1.29 is 24.5 Å². The molecule has 2 aromatic carbocycles. The van der Waals surface area contributed by atoms with E-state index in [1.807, 2.05) is 6.07 Å². The number of aliphatic carboxylic acids is 1. The van der Waals surface area contributed by atoms with Crippen molar-refractivity contribution in [3.8, 4) is 17.6 Å². The first kappa shape index (κ1) is 21.4. The molecule has 33 heavy (non-hydrogen) atoms. The van der Waals surface area contributed by atoms with Crippen LogP contribution in [0.5, 0.6) is 11.5 Å². The maximum Gasteiger partial charge on any atom is 0.308 e. The van der Waals surface area contributed by atoms with Crippen LogP contribution in [0.2, 0.25) is 0 Å². The van der Waals surface area contributed by atoms with Gasteiger partial charge in [-0.25, -0.2) is 0 Å². The Morgan fingerprint density at radius 3 is 2.48 bits per heavy atom. The number of ether oxygens (including phenoxy) is 2. The van der Waals surface area contributed by atoms with Gasteiger partial charge in [0.15, 0.2) is 11.2 Å².